The number of Topliss-reactive ketones (excluding diaryl/α,β-unsaturated/α-hetero) is 1. The number of amides is 1. The number of ether oxygens (including phenoxy) is 1. The number of benzene rings is 1. The minimum atomic E-state index is -0.548. The molecule has 2 aromatic rings. The molecule has 0 bridgehead atoms. The van der Waals surface area contributed by atoms with Gasteiger partial charge in [0.05, 0.1) is 5.69 Å². The molecule has 0 saturated heterocycles. The molecule has 0 aliphatic carbocycles. The molecule has 0 saturated carbocycles. The molecule has 1 heterocycles. The van der Waals surface area contributed by atoms with Crippen LogP contribution in [0, 0.1) is 0 Å². The van der Waals surface area contributed by atoms with Gasteiger partial charge >= 0.3 is 6.09 Å². The summed E-state index contributed by atoms with van der Waals surface area (Å²) in [6.07, 6.45) is 1.59. The lowest BCUT2D eigenvalue weighted by atomic mass is 10.1. The minimum Gasteiger partial charge on any atom is -0.444 e. The predicted octanol–water partition coefficient (Wildman–Crippen LogP) is 3.56. The highest BCUT2D eigenvalue weighted by Crippen LogP contribution is 2.14. The van der Waals surface area contributed by atoms with Crippen molar-refractivity contribution in [1.29, 1.82) is 0 Å². The first-order valence-electron chi connectivity index (χ1n) is 8.63. The van der Waals surface area contributed by atoms with Gasteiger partial charge in [0.15, 0.2) is 5.78 Å². The fourth-order valence-corrected chi connectivity index (χ4v) is 2.25. The molecule has 0 fully saturated rings. The smallest absolute Gasteiger partial charge is 0.412 e. The second kappa shape index (κ2) is 8.12. The van der Waals surface area contributed by atoms with Crippen LogP contribution in [0.5, 0.6) is 0 Å². The van der Waals surface area contributed by atoms with Crippen LogP contribution in [0.1, 0.15) is 51.8 Å². The van der Waals surface area contributed by atoms with Gasteiger partial charge < -0.3 is 4.74 Å². The maximum Gasteiger partial charge on any atom is 0.412 e. The largest absolute Gasteiger partial charge is 0.444 e. The van der Waals surface area contributed by atoms with E-state index >= 15 is 0 Å². The van der Waals surface area contributed by atoms with Crippen molar-refractivity contribution < 1.29 is 14.3 Å². The molecule has 26 heavy (non-hydrogen) atoms. The standard InChI is InChI=1S/C19H26N4O3/c1-13(2)17-12-23(22-21-17)11-16(24)10-14-6-8-15(9-7-14)20-18(25)26-19(3,4)5/h6-9,12-13H,10-11H2,1-5H3,(H,20,25). The van der Waals surface area contributed by atoms with Gasteiger partial charge in [-0.3, -0.25) is 10.1 Å². The van der Waals surface area contributed by atoms with Crippen LogP contribution in [0.4, 0.5) is 10.5 Å². The molecule has 0 radical (unpaired) electrons. The topological polar surface area (TPSA) is 86.1 Å². The monoisotopic (exact) mass is 358 g/mol. The minimum absolute atomic E-state index is 0.0399. The average molecular weight is 358 g/mol. The van der Waals surface area contributed by atoms with E-state index in [4.69, 9.17) is 4.74 Å². The molecule has 7 nitrogen and oxygen atoms in total. The Labute approximate surface area is 153 Å². The number of nitrogens with zero attached hydrogens (tertiary/aromatic N) is 3. The molecule has 0 aliphatic heterocycles. The van der Waals surface area contributed by atoms with Gasteiger partial charge in [0, 0.05) is 18.3 Å². The Morgan fingerprint density at radius 2 is 1.85 bits per heavy atom. The Morgan fingerprint density at radius 3 is 2.38 bits per heavy atom. The summed E-state index contributed by atoms with van der Waals surface area (Å²) < 4.78 is 6.77. The van der Waals surface area contributed by atoms with E-state index in [0.29, 0.717) is 12.1 Å². The van der Waals surface area contributed by atoms with Crippen LogP contribution in [0.15, 0.2) is 30.5 Å². The molecular weight excluding hydrogens is 332 g/mol. The Kier molecular flexibility index (Phi) is 6.13. The maximum absolute atomic E-state index is 12.2. The normalized spacial score (nSPS) is 11.5. The summed E-state index contributed by atoms with van der Waals surface area (Å²) >= 11 is 0. The molecule has 0 atom stereocenters. The zero-order valence-corrected chi connectivity index (χ0v) is 15.9. The Bertz CT molecular complexity index is 758. The van der Waals surface area contributed by atoms with Gasteiger partial charge in [0.1, 0.15) is 12.1 Å². The van der Waals surface area contributed by atoms with Crippen molar-refractivity contribution in [2.75, 3.05) is 5.32 Å². The molecule has 1 amide bonds. The highest BCUT2D eigenvalue weighted by molar-refractivity contribution is 5.85. The van der Waals surface area contributed by atoms with Crippen LogP contribution < -0.4 is 5.32 Å². The zero-order valence-electron chi connectivity index (χ0n) is 15.9. The van der Waals surface area contributed by atoms with Gasteiger partial charge in [-0.15, -0.1) is 5.10 Å². The van der Waals surface area contributed by atoms with E-state index in [2.05, 4.69) is 15.6 Å². The number of anilines is 1. The zero-order chi connectivity index (χ0) is 19.3. The lowest BCUT2D eigenvalue weighted by Gasteiger charge is -2.19. The van der Waals surface area contributed by atoms with E-state index in [-0.39, 0.29) is 18.2 Å². The lowest BCUT2D eigenvalue weighted by Crippen LogP contribution is -2.27. The first-order valence-corrected chi connectivity index (χ1v) is 8.63. The van der Waals surface area contributed by atoms with Crippen molar-refractivity contribution in [2.45, 2.75) is 59.1 Å². The van der Waals surface area contributed by atoms with Crippen LogP contribution in [-0.4, -0.2) is 32.5 Å². The highest BCUT2D eigenvalue weighted by atomic mass is 16.6. The highest BCUT2D eigenvalue weighted by Gasteiger charge is 2.16. The van der Waals surface area contributed by atoms with Crippen LogP contribution in [-0.2, 0) is 22.5 Å². The summed E-state index contributed by atoms with van der Waals surface area (Å²) in [6.45, 7) is 9.67. The average Bonchev–Trinajstić information content (AvgIpc) is 2.96. The third-order valence-corrected chi connectivity index (χ3v) is 3.49. The van der Waals surface area contributed by atoms with Crippen molar-refractivity contribution in [3.8, 4) is 0 Å². The van der Waals surface area contributed by atoms with Crippen LogP contribution in [0.3, 0.4) is 0 Å². The number of ketones is 1. The molecule has 1 N–H and O–H groups in total. The molecule has 140 valence electrons. The third-order valence-electron chi connectivity index (χ3n) is 3.49. The van der Waals surface area contributed by atoms with E-state index in [0.717, 1.165) is 11.3 Å². The molecule has 1 aromatic carbocycles. The second-order valence-electron chi connectivity index (χ2n) is 7.53. The molecule has 0 unspecified atom stereocenters. The van der Waals surface area contributed by atoms with Gasteiger partial charge in [-0.1, -0.05) is 31.2 Å². The molecule has 7 heteroatoms. The molecular formula is C19H26N4O3. The summed E-state index contributed by atoms with van der Waals surface area (Å²) in [5.41, 5.74) is 1.81. The second-order valence-corrected chi connectivity index (χ2v) is 7.53. The number of rotatable bonds is 6. The summed E-state index contributed by atoms with van der Waals surface area (Å²) in [4.78, 5) is 23.9. The fraction of sp³-hybridized carbons (Fsp3) is 0.474. The van der Waals surface area contributed by atoms with E-state index < -0.39 is 11.7 Å². The summed E-state index contributed by atoms with van der Waals surface area (Å²) in [5.74, 6) is 0.321. The van der Waals surface area contributed by atoms with Gasteiger partial charge in [-0.2, -0.15) is 0 Å². The lowest BCUT2D eigenvalue weighted by molar-refractivity contribution is -0.119. The maximum atomic E-state index is 12.2. The number of hydrogen-bond acceptors (Lipinski definition) is 5. The summed E-state index contributed by atoms with van der Waals surface area (Å²) in [5, 5.41) is 10.7. The molecule has 0 aliphatic rings. The fourth-order valence-electron chi connectivity index (χ4n) is 2.25. The Morgan fingerprint density at radius 1 is 1.19 bits per heavy atom. The van der Waals surface area contributed by atoms with E-state index in [1.807, 2.05) is 26.0 Å². The van der Waals surface area contributed by atoms with Crippen molar-refractivity contribution in [1.82, 2.24) is 15.0 Å². The SMILES string of the molecule is CC(C)c1cn(CC(=O)Cc2ccc(NC(=O)OC(C)(C)C)cc2)nn1. The van der Waals surface area contributed by atoms with E-state index in [9.17, 15) is 9.59 Å². The van der Waals surface area contributed by atoms with E-state index in [1.54, 1.807) is 43.8 Å². The van der Waals surface area contributed by atoms with Gasteiger partial charge in [-0.05, 0) is 44.4 Å². The van der Waals surface area contributed by atoms with Crippen LogP contribution in [0.2, 0.25) is 0 Å². The number of aromatic nitrogens is 3. The number of hydrogen-bond donors (Lipinski definition) is 1. The molecule has 0 spiro atoms. The van der Waals surface area contributed by atoms with Gasteiger partial charge in [-0.25, -0.2) is 9.48 Å². The summed E-state index contributed by atoms with van der Waals surface area (Å²) in [6, 6.07) is 7.12. The Hall–Kier alpha value is -2.70. The molecule has 2 rings (SSSR count). The van der Waals surface area contributed by atoms with Gasteiger partial charge in [0.25, 0.3) is 0 Å². The summed E-state index contributed by atoms with van der Waals surface area (Å²) in [7, 11) is 0. The third kappa shape index (κ3) is 6.31. The Balaban J connectivity index is 1.87. The van der Waals surface area contributed by atoms with Crippen molar-refractivity contribution >= 4 is 17.6 Å². The molecule has 1 aromatic heterocycles. The van der Waals surface area contributed by atoms with Crippen molar-refractivity contribution in [3.05, 3.63) is 41.7 Å². The quantitative estimate of drug-likeness (QED) is 0.853. The van der Waals surface area contributed by atoms with Crippen LogP contribution >= 0.6 is 0 Å². The number of nitrogens with one attached hydrogen (secondary N) is 1. The van der Waals surface area contributed by atoms with Gasteiger partial charge in [0.2, 0.25) is 0 Å². The number of carbonyl (C=O) groups is 2. The van der Waals surface area contributed by atoms with Crippen molar-refractivity contribution in [2.24, 2.45) is 0 Å². The van der Waals surface area contributed by atoms with Crippen LogP contribution in [0.25, 0.3) is 0 Å². The van der Waals surface area contributed by atoms with Crippen molar-refractivity contribution in [3.63, 3.8) is 0 Å². The predicted molar refractivity (Wildman–Crippen MR) is 99.1 cm³/mol. The first-order chi connectivity index (χ1) is 12.1. The number of carbonyl (C=O) groups excluding carboxylic acids is 2. The first kappa shape index (κ1) is 19.6. The van der Waals surface area contributed by atoms with E-state index in [1.165, 1.54) is 0 Å².